The van der Waals surface area contributed by atoms with Gasteiger partial charge in [0.15, 0.2) is 0 Å². The summed E-state index contributed by atoms with van der Waals surface area (Å²) in [6.07, 6.45) is 0. The zero-order valence-corrected chi connectivity index (χ0v) is 10.0. The highest BCUT2D eigenvalue weighted by molar-refractivity contribution is 5.81. The van der Waals surface area contributed by atoms with Crippen LogP contribution in [0.15, 0.2) is 0 Å². The summed E-state index contributed by atoms with van der Waals surface area (Å²) in [5.74, 6) is 0.180. The molecule has 1 saturated heterocycles. The Labute approximate surface area is 86.4 Å². The molecule has 0 aromatic heterocycles. The monoisotopic (exact) mass is 199 g/mol. The molecule has 1 atom stereocenters. The molecular formula is C11H21NO2. The largest absolute Gasteiger partial charge is 0.371 e. The van der Waals surface area contributed by atoms with Gasteiger partial charge < -0.3 is 9.64 Å². The van der Waals surface area contributed by atoms with Crippen LogP contribution in [-0.2, 0) is 9.53 Å². The highest BCUT2D eigenvalue weighted by Gasteiger charge is 2.45. The molecule has 0 aromatic carbocycles. The van der Waals surface area contributed by atoms with Crippen molar-refractivity contribution in [2.45, 2.75) is 46.3 Å². The number of hydrogen-bond acceptors (Lipinski definition) is 2. The Kier molecular flexibility index (Phi) is 2.65. The van der Waals surface area contributed by atoms with Gasteiger partial charge in [0.1, 0.15) is 0 Å². The van der Waals surface area contributed by atoms with Gasteiger partial charge in [0, 0.05) is 12.5 Å². The highest BCUT2D eigenvalue weighted by Crippen LogP contribution is 2.31. The van der Waals surface area contributed by atoms with E-state index in [9.17, 15) is 4.79 Å². The Morgan fingerprint density at radius 2 is 1.93 bits per heavy atom. The molecule has 1 fully saturated rings. The van der Waals surface area contributed by atoms with Crippen molar-refractivity contribution in [3.05, 3.63) is 0 Å². The summed E-state index contributed by atoms with van der Waals surface area (Å²) in [6.45, 7) is 10.5. The summed E-state index contributed by atoms with van der Waals surface area (Å²) < 4.78 is 5.42. The van der Waals surface area contributed by atoms with Crippen molar-refractivity contribution in [3.63, 3.8) is 0 Å². The minimum Gasteiger partial charge on any atom is -0.371 e. The second-order valence-corrected chi connectivity index (χ2v) is 5.60. The third-order valence-electron chi connectivity index (χ3n) is 2.85. The van der Waals surface area contributed by atoms with Crippen molar-refractivity contribution in [3.8, 4) is 0 Å². The van der Waals surface area contributed by atoms with Crippen molar-refractivity contribution in [2.75, 3.05) is 13.7 Å². The minimum atomic E-state index is -0.305. The molecule has 3 nitrogen and oxygen atoms in total. The molecule has 0 spiro atoms. The van der Waals surface area contributed by atoms with Crippen LogP contribution in [0, 0.1) is 5.41 Å². The molecule has 0 radical (unpaired) electrons. The van der Waals surface area contributed by atoms with E-state index in [1.54, 1.807) is 0 Å². The average Bonchev–Trinajstić information content (AvgIpc) is 1.99. The Hall–Kier alpha value is -0.570. The fourth-order valence-corrected chi connectivity index (χ4v) is 1.74. The lowest BCUT2D eigenvalue weighted by atomic mass is 9.88. The van der Waals surface area contributed by atoms with Gasteiger partial charge in [0.05, 0.1) is 18.2 Å². The van der Waals surface area contributed by atoms with Gasteiger partial charge in [-0.25, -0.2) is 0 Å². The first-order valence-electron chi connectivity index (χ1n) is 5.07. The standard InChI is InChI=1S/C11H21NO2/c1-10(2,3)9(13)12(6)8-7-14-11(8,4)5/h8H,7H2,1-6H3/t8-/m1/s1. The lowest BCUT2D eigenvalue weighted by molar-refractivity contribution is -0.197. The summed E-state index contributed by atoms with van der Waals surface area (Å²) in [7, 11) is 1.86. The zero-order chi connectivity index (χ0) is 11.1. The van der Waals surface area contributed by atoms with Gasteiger partial charge in [-0.2, -0.15) is 0 Å². The molecule has 82 valence electrons. The Balaban J connectivity index is 2.67. The van der Waals surface area contributed by atoms with Gasteiger partial charge in [-0.3, -0.25) is 4.79 Å². The van der Waals surface area contributed by atoms with Crippen LogP contribution in [0.4, 0.5) is 0 Å². The maximum Gasteiger partial charge on any atom is 0.228 e. The van der Waals surface area contributed by atoms with Crippen LogP contribution >= 0.6 is 0 Å². The predicted molar refractivity (Wildman–Crippen MR) is 56.0 cm³/mol. The molecule has 0 bridgehead atoms. The molecule has 1 heterocycles. The molecule has 1 rings (SSSR count). The maximum atomic E-state index is 12.0. The highest BCUT2D eigenvalue weighted by atomic mass is 16.5. The van der Waals surface area contributed by atoms with E-state index < -0.39 is 0 Å². The summed E-state index contributed by atoms with van der Waals surface area (Å²) >= 11 is 0. The molecule has 1 aliphatic heterocycles. The van der Waals surface area contributed by atoms with Crippen molar-refractivity contribution in [2.24, 2.45) is 5.41 Å². The third-order valence-corrected chi connectivity index (χ3v) is 2.85. The number of carbonyl (C=O) groups excluding carboxylic acids is 1. The molecular weight excluding hydrogens is 178 g/mol. The third kappa shape index (κ3) is 1.92. The second kappa shape index (κ2) is 3.23. The van der Waals surface area contributed by atoms with Gasteiger partial charge in [0.2, 0.25) is 5.91 Å². The van der Waals surface area contributed by atoms with E-state index in [1.165, 1.54) is 0 Å². The van der Waals surface area contributed by atoms with Gasteiger partial charge in [0.25, 0.3) is 0 Å². The maximum absolute atomic E-state index is 12.0. The second-order valence-electron chi connectivity index (χ2n) is 5.60. The van der Waals surface area contributed by atoms with Crippen molar-refractivity contribution in [1.82, 2.24) is 4.90 Å². The van der Waals surface area contributed by atoms with Crippen LogP contribution in [0.25, 0.3) is 0 Å². The Morgan fingerprint density at radius 3 is 2.14 bits per heavy atom. The topological polar surface area (TPSA) is 29.5 Å². The first-order chi connectivity index (χ1) is 6.16. The normalized spacial score (nSPS) is 25.4. The van der Waals surface area contributed by atoms with Crippen LogP contribution in [0.5, 0.6) is 0 Å². The van der Waals surface area contributed by atoms with Crippen molar-refractivity contribution in [1.29, 1.82) is 0 Å². The smallest absolute Gasteiger partial charge is 0.228 e. The van der Waals surface area contributed by atoms with Gasteiger partial charge in [-0.1, -0.05) is 20.8 Å². The van der Waals surface area contributed by atoms with Crippen molar-refractivity contribution < 1.29 is 9.53 Å². The van der Waals surface area contributed by atoms with Crippen LogP contribution in [-0.4, -0.2) is 36.1 Å². The van der Waals surface area contributed by atoms with Gasteiger partial charge in [-0.15, -0.1) is 0 Å². The predicted octanol–water partition coefficient (Wildman–Crippen LogP) is 1.67. The fourth-order valence-electron chi connectivity index (χ4n) is 1.74. The molecule has 1 aliphatic rings. The SMILES string of the molecule is CN(C(=O)C(C)(C)C)[C@@H]1COC1(C)C. The number of amides is 1. The summed E-state index contributed by atoms with van der Waals surface area (Å²) in [4.78, 5) is 13.8. The lowest BCUT2D eigenvalue weighted by Crippen LogP contribution is -2.63. The van der Waals surface area contributed by atoms with E-state index in [0.29, 0.717) is 6.61 Å². The Bertz CT molecular complexity index is 240. The molecule has 0 N–H and O–H groups in total. The lowest BCUT2D eigenvalue weighted by Gasteiger charge is -2.49. The van der Waals surface area contributed by atoms with Gasteiger partial charge in [-0.05, 0) is 13.8 Å². The summed E-state index contributed by atoms with van der Waals surface area (Å²) in [6, 6.07) is 0.217. The van der Waals surface area contributed by atoms with E-state index in [2.05, 4.69) is 0 Å². The molecule has 1 amide bonds. The minimum absolute atomic E-state index is 0.180. The number of hydrogen-bond donors (Lipinski definition) is 0. The number of ether oxygens (including phenoxy) is 1. The van der Waals surface area contributed by atoms with E-state index in [0.717, 1.165) is 0 Å². The molecule has 0 aromatic rings. The van der Waals surface area contributed by atoms with Gasteiger partial charge >= 0.3 is 0 Å². The molecule has 0 unspecified atom stereocenters. The van der Waals surface area contributed by atoms with Crippen LogP contribution in [0.1, 0.15) is 34.6 Å². The molecule has 3 heteroatoms. The molecule has 0 aliphatic carbocycles. The number of rotatable bonds is 1. The molecule has 0 saturated carbocycles. The Morgan fingerprint density at radius 1 is 1.43 bits per heavy atom. The first-order valence-corrected chi connectivity index (χ1v) is 5.07. The first kappa shape index (κ1) is 11.5. The van der Waals surface area contributed by atoms with E-state index >= 15 is 0 Å². The van der Waals surface area contributed by atoms with E-state index in [1.807, 2.05) is 46.6 Å². The van der Waals surface area contributed by atoms with Crippen LogP contribution in [0.2, 0.25) is 0 Å². The van der Waals surface area contributed by atoms with E-state index in [4.69, 9.17) is 4.74 Å². The average molecular weight is 199 g/mol. The van der Waals surface area contributed by atoms with E-state index in [-0.39, 0.29) is 23.0 Å². The quantitative estimate of drug-likeness (QED) is 0.643. The van der Waals surface area contributed by atoms with Crippen molar-refractivity contribution >= 4 is 5.91 Å². The summed E-state index contributed by atoms with van der Waals surface area (Å²) in [5.41, 5.74) is -0.490. The number of likely N-dealkylation sites (N-methyl/N-ethyl adjacent to an activating group) is 1. The molecule has 14 heavy (non-hydrogen) atoms. The number of carbonyl (C=O) groups is 1. The zero-order valence-electron chi connectivity index (χ0n) is 10.0. The number of nitrogens with zero attached hydrogens (tertiary/aromatic N) is 1. The summed E-state index contributed by atoms with van der Waals surface area (Å²) in [5, 5.41) is 0. The van der Waals surface area contributed by atoms with Crippen LogP contribution < -0.4 is 0 Å². The fraction of sp³-hybridized carbons (Fsp3) is 0.909. The van der Waals surface area contributed by atoms with Crippen LogP contribution in [0.3, 0.4) is 0 Å².